The zero-order valence-corrected chi connectivity index (χ0v) is 16.2. The molecule has 1 aromatic heterocycles. The second-order valence-electron chi connectivity index (χ2n) is 6.31. The molecule has 27 heavy (non-hydrogen) atoms. The summed E-state index contributed by atoms with van der Waals surface area (Å²) in [5.41, 5.74) is 2.74. The Bertz CT molecular complexity index is 1100. The zero-order valence-electron chi connectivity index (χ0n) is 14.7. The Labute approximate surface area is 168 Å². The van der Waals surface area contributed by atoms with Crippen LogP contribution in [-0.2, 0) is 0 Å². The highest BCUT2D eigenvalue weighted by Gasteiger charge is 2.14. The highest BCUT2D eigenvalue weighted by Crippen LogP contribution is 2.31. The van der Waals surface area contributed by atoms with Gasteiger partial charge in [0.1, 0.15) is 5.82 Å². The van der Waals surface area contributed by atoms with Crippen LogP contribution < -0.4 is 5.32 Å². The number of hydrogen-bond donors (Lipinski definition) is 1. The molecule has 0 aliphatic heterocycles. The number of hydrogen-bond acceptors (Lipinski definition) is 3. The minimum Gasteiger partial charge on any atom is -0.363 e. The van der Waals surface area contributed by atoms with Gasteiger partial charge >= 0.3 is 0 Å². The molecule has 1 heterocycles. The van der Waals surface area contributed by atoms with Crippen LogP contribution >= 0.6 is 23.2 Å². The second-order valence-corrected chi connectivity index (χ2v) is 7.16. The Morgan fingerprint density at radius 3 is 2.37 bits per heavy atom. The summed E-state index contributed by atoms with van der Waals surface area (Å²) in [7, 11) is 0. The van der Waals surface area contributed by atoms with E-state index in [1.807, 2.05) is 60.7 Å². The van der Waals surface area contributed by atoms with Crippen LogP contribution in [0.25, 0.3) is 22.3 Å². The molecule has 0 saturated heterocycles. The van der Waals surface area contributed by atoms with Gasteiger partial charge in [0.2, 0.25) is 0 Å². The maximum atomic E-state index is 6.37. The van der Waals surface area contributed by atoms with Crippen LogP contribution in [-0.4, -0.2) is 9.97 Å². The van der Waals surface area contributed by atoms with Gasteiger partial charge < -0.3 is 5.32 Å². The Hall–Kier alpha value is -2.62. The number of aromatic nitrogens is 2. The van der Waals surface area contributed by atoms with Crippen molar-refractivity contribution < 1.29 is 0 Å². The molecule has 1 N–H and O–H groups in total. The van der Waals surface area contributed by atoms with Crippen molar-refractivity contribution in [3.8, 4) is 11.4 Å². The van der Waals surface area contributed by atoms with E-state index in [-0.39, 0.29) is 6.04 Å². The average Bonchev–Trinajstić information content (AvgIpc) is 2.68. The second kappa shape index (κ2) is 7.55. The Balaban J connectivity index is 1.84. The molecule has 0 bridgehead atoms. The first-order chi connectivity index (χ1) is 13.1. The SMILES string of the molecule is C[C@@H](Nc1nc(-c2ccccc2Cl)nc2cc(Cl)ccc12)c1ccccc1. The van der Waals surface area contributed by atoms with Gasteiger partial charge in [-0.1, -0.05) is 65.7 Å². The van der Waals surface area contributed by atoms with Gasteiger partial charge in [-0.25, -0.2) is 9.97 Å². The third-order valence-electron chi connectivity index (χ3n) is 4.43. The summed E-state index contributed by atoms with van der Waals surface area (Å²) < 4.78 is 0. The van der Waals surface area contributed by atoms with Gasteiger partial charge in [-0.05, 0) is 42.8 Å². The fourth-order valence-corrected chi connectivity index (χ4v) is 3.39. The third-order valence-corrected chi connectivity index (χ3v) is 4.99. The molecule has 0 spiro atoms. The average molecular weight is 394 g/mol. The van der Waals surface area contributed by atoms with Gasteiger partial charge in [0.05, 0.1) is 10.5 Å². The molecule has 134 valence electrons. The fourth-order valence-electron chi connectivity index (χ4n) is 3.01. The number of fused-ring (bicyclic) bond motifs is 1. The zero-order chi connectivity index (χ0) is 18.8. The monoisotopic (exact) mass is 393 g/mol. The molecule has 3 aromatic carbocycles. The van der Waals surface area contributed by atoms with Gasteiger partial charge in [0.25, 0.3) is 0 Å². The summed E-state index contributed by atoms with van der Waals surface area (Å²) in [6.07, 6.45) is 0. The molecule has 0 aliphatic carbocycles. The molecule has 0 amide bonds. The summed E-state index contributed by atoms with van der Waals surface area (Å²) in [6.45, 7) is 2.11. The molecule has 5 heteroatoms. The highest BCUT2D eigenvalue weighted by molar-refractivity contribution is 6.33. The van der Waals surface area contributed by atoms with Crippen LogP contribution in [0.5, 0.6) is 0 Å². The summed E-state index contributed by atoms with van der Waals surface area (Å²) in [4.78, 5) is 9.47. The number of halogens is 2. The maximum Gasteiger partial charge on any atom is 0.163 e. The van der Waals surface area contributed by atoms with E-state index in [9.17, 15) is 0 Å². The first kappa shape index (κ1) is 17.8. The molecular formula is C22H17Cl2N3. The Morgan fingerprint density at radius 1 is 0.852 bits per heavy atom. The largest absolute Gasteiger partial charge is 0.363 e. The van der Waals surface area contributed by atoms with Crippen molar-refractivity contribution in [1.29, 1.82) is 0 Å². The molecule has 0 fully saturated rings. The van der Waals surface area contributed by atoms with E-state index < -0.39 is 0 Å². The van der Waals surface area contributed by atoms with Gasteiger partial charge in [-0.15, -0.1) is 0 Å². The van der Waals surface area contributed by atoms with Crippen molar-refractivity contribution in [3.05, 3.63) is 88.4 Å². The highest BCUT2D eigenvalue weighted by atomic mass is 35.5. The lowest BCUT2D eigenvalue weighted by Gasteiger charge is -2.17. The van der Waals surface area contributed by atoms with E-state index in [1.54, 1.807) is 0 Å². The van der Waals surface area contributed by atoms with Crippen LogP contribution in [0.15, 0.2) is 72.8 Å². The number of nitrogens with one attached hydrogen (secondary N) is 1. The third kappa shape index (κ3) is 3.75. The smallest absolute Gasteiger partial charge is 0.163 e. The van der Waals surface area contributed by atoms with Crippen molar-refractivity contribution in [2.24, 2.45) is 0 Å². The Morgan fingerprint density at radius 2 is 1.59 bits per heavy atom. The number of nitrogens with zero attached hydrogens (tertiary/aromatic N) is 2. The van der Waals surface area contributed by atoms with Crippen molar-refractivity contribution in [1.82, 2.24) is 9.97 Å². The van der Waals surface area contributed by atoms with E-state index in [2.05, 4.69) is 29.4 Å². The lowest BCUT2D eigenvalue weighted by atomic mass is 10.1. The number of anilines is 1. The van der Waals surface area contributed by atoms with Crippen molar-refractivity contribution in [3.63, 3.8) is 0 Å². The van der Waals surface area contributed by atoms with Gasteiger partial charge in [0.15, 0.2) is 5.82 Å². The molecule has 0 saturated carbocycles. The lowest BCUT2D eigenvalue weighted by Crippen LogP contribution is -2.09. The molecule has 0 radical (unpaired) electrons. The van der Waals surface area contributed by atoms with Crippen LogP contribution in [0.2, 0.25) is 10.0 Å². The summed E-state index contributed by atoms with van der Waals surface area (Å²) >= 11 is 12.6. The molecule has 0 unspecified atom stereocenters. The molecule has 4 aromatic rings. The first-order valence-corrected chi connectivity index (χ1v) is 9.41. The van der Waals surface area contributed by atoms with E-state index in [0.29, 0.717) is 15.9 Å². The minimum absolute atomic E-state index is 0.0825. The maximum absolute atomic E-state index is 6.37. The van der Waals surface area contributed by atoms with E-state index >= 15 is 0 Å². The number of benzene rings is 3. The lowest BCUT2D eigenvalue weighted by molar-refractivity contribution is 0.876. The summed E-state index contributed by atoms with van der Waals surface area (Å²) in [5, 5.41) is 5.67. The fraction of sp³-hybridized carbons (Fsp3) is 0.0909. The predicted molar refractivity (Wildman–Crippen MR) is 113 cm³/mol. The first-order valence-electron chi connectivity index (χ1n) is 8.65. The van der Waals surface area contributed by atoms with Crippen LogP contribution in [0.4, 0.5) is 5.82 Å². The van der Waals surface area contributed by atoms with E-state index in [1.165, 1.54) is 5.56 Å². The van der Waals surface area contributed by atoms with Crippen molar-refractivity contribution in [2.75, 3.05) is 5.32 Å². The van der Waals surface area contributed by atoms with Gasteiger partial charge in [0, 0.05) is 22.0 Å². The Kier molecular flexibility index (Phi) is 4.97. The molecule has 1 atom stereocenters. The summed E-state index contributed by atoms with van der Waals surface area (Å²) in [5.74, 6) is 1.32. The van der Waals surface area contributed by atoms with E-state index in [0.717, 1.165) is 22.3 Å². The molecular weight excluding hydrogens is 377 g/mol. The van der Waals surface area contributed by atoms with Crippen molar-refractivity contribution >= 4 is 39.9 Å². The molecule has 0 aliphatic rings. The minimum atomic E-state index is 0.0825. The summed E-state index contributed by atoms with van der Waals surface area (Å²) in [6, 6.07) is 23.5. The van der Waals surface area contributed by atoms with Gasteiger partial charge in [-0.2, -0.15) is 0 Å². The van der Waals surface area contributed by atoms with Crippen LogP contribution in [0.1, 0.15) is 18.5 Å². The van der Waals surface area contributed by atoms with Crippen molar-refractivity contribution in [2.45, 2.75) is 13.0 Å². The molecule has 3 nitrogen and oxygen atoms in total. The van der Waals surface area contributed by atoms with Gasteiger partial charge in [-0.3, -0.25) is 0 Å². The molecule has 4 rings (SSSR count). The normalized spacial score (nSPS) is 12.1. The topological polar surface area (TPSA) is 37.8 Å². The predicted octanol–water partition coefficient (Wildman–Crippen LogP) is 6.78. The standard InChI is InChI=1S/C22H17Cl2N3/c1-14(15-7-3-2-4-8-15)25-22-18-12-11-16(23)13-20(18)26-21(27-22)17-9-5-6-10-19(17)24/h2-14H,1H3,(H,25,26,27)/t14-/m1/s1. The van der Waals surface area contributed by atoms with E-state index in [4.69, 9.17) is 28.2 Å². The quantitative estimate of drug-likeness (QED) is 0.415. The van der Waals surface area contributed by atoms with Crippen LogP contribution in [0, 0.1) is 0 Å². The van der Waals surface area contributed by atoms with Crippen LogP contribution in [0.3, 0.4) is 0 Å². The number of rotatable bonds is 4.